The van der Waals surface area contributed by atoms with Crippen LogP contribution in [0.25, 0.3) is 0 Å². The van der Waals surface area contributed by atoms with E-state index in [-0.39, 0.29) is 165 Å². The Labute approximate surface area is 759 Å². The maximum absolute atomic E-state index is 11.8. The first-order chi connectivity index (χ1) is 54.2. The summed E-state index contributed by atoms with van der Waals surface area (Å²) in [4.78, 5) is 118. The quantitative estimate of drug-likeness (QED) is 0.0142. The highest BCUT2D eigenvalue weighted by Gasteiger charge is 2.32. The van der Waals surface area contributed by atoms with Gasteiger partial charge >= 0.3 is 5.97 Å². The summed E-state index contributed by atoms with van der Waals surface area (Å²) in [5.74, 6) is 1.23. The molecule has 0 aliphatic carbocycles. The highest BCUT2D eigenvalue weighted by molar-refractivity contribution is 5.88. The Morgan fingerprint density at radius 3 is 1.05 bits per heavy atom. The van der Waals surface area contributed by atoms with E-state index in [1.807, 2.05) is 134 Å². The number of carboxylic acids is 1. The van der Waals surface area contributed by atoms with E-state index >= 15 is 0 Å². The summed E-state index contributed by atoms with van der Waals surface area (Å²) in [7, 11) is 24.2. The summed E-state index contributed by atoms with van der Waals surface area (Å²) in [6.45, 7) is 34.5. The topological polar surface area (TPSA) is 284 Å². The molecule has 0 saturated heterocycles. The first-order valence-corrected chi connectivity index (χ1v) is 40.2. The molecule has 0 aliphatic heterocycles. The van der Waals surface area contributed by atoms with E-state index in [1.165, 1.54) is 52.8 Å². The maximum Gasteiger partial charge on any atom is 0.335 e. The first-order valence-electron chi connectivity index (χ1n) is 40.2. The van der Waals surface area contributed by atoms with Crippen molar-refractivity contribution in [1.29, 1.82) is 0 Å². The maximum atomic E-state index is 11.8. The Morgan fingerprint density at radius 1 is 0.419 bits per heavy atom. The third-order valence-electron chi connectivity index (χ3n) is 19.1. The largest absolute Gasteiger partial charge is 0.478 e. The lowest BCUT2D eigenvalue weighted by Crippen LogP contribution is -2.49. The van der Waals surface area contributed by atoms with Gasteiger partial charge in [-0.3, -0.25) is 57.9 Å². The molecule has 0 saturated carbocycles. The summed E-state index contributed by atoms with van der Waals surface area (Å²) < 4.78 is 0. The van der Waals surface area contributed by atoms with E-state index in [0.717, 1.165) is 76.2 Å². The van der Waals surface area contributed by atoms with Crippen LogP contribution in [0.4, 0.5) is 0 Å². The molecule has 124 heavy (non-hydrogen) atoms. The number of aliphatic hydroxyl groups excluding tert-OH is 1. The number of carboxylic acid groups (broad SMARTS) is 1. The number of benzene rings is 5. The van der Waals surface area contributed by atoms with Crippen molar-refractivity contribution in [2.45, 2.75) is 294 Å². The predicted octanol–water partition coefficient (Wildman–Crippen LogP) is 17.9. The molecule has 0 amide bonds. The number of carbonyl (C=O) groups is 10. The van der Waals surface area contributed by atoms with Crippen LogP contribution < -0.4 is 26.6 Å². The fourth-order valence-corrected chi connectivity index (χ4v) is 12.2. The van der Waals surface area contributed by atoms with E-state index < -0.39 is 12.1 Å². The molecule has 21 heteroatoms. The van der Waals surface area contributed by atoms with Crippen LogP contribution in [-0.4, -0.2) is 240 Å². The zero-order valence-corrected chi connectivity index (χ0v) is 76.3. The number of rotatable bonds is 40. The van der Waals surface area contributed by atoms with Crippen molar-refractivity contribution in [3.05, 3.63) is 203 Å². The van der Waals surface area contributed by atoms with Crippen molar-refractivity contribution in [3.63, 3.8) is 0 Å². The van der Waals surface area contributed by atoms with Crippen molar-refractivity contribution in [3.8, 4) is 0 Å². The Bertz CT molecular complexity index is 3590. The Morgan fingerprint density at radius 2 is 0.782 bits per heavy atom. The molecule has 0 aromatic heterocycles. The summed E-state index contributed by atoms with van der Waals surface area (Å²) in [5.41, 5.74) is 9.44. The third-order valence-corrected chi connectivity index (χ3v) is 19.1. The van der Waals surface area contributed by atoms with Crippen LogP contribution in [0, 0.1) is 26.7 Å². The zero-order chi connectivity index (χ0) is 90.0. The molecule has 0 heterocycles. The minimum atomic E-state index is -0.941. The van der Waals surface area contributed by atoms with Crippen molar-refractivity contribution in [2.75, 3.05) is 98.2 Å². The minimum absolute atomic E-state index is 0. The molecule has 0 fully saturated rings. The number of nitrogens with zero attached hydrogens (tertiary/aromatic N) is 4. The number of hydrogen-bond acceptors (Lipinski definition) is 20. The monoisotopic (exact) mass is 1740 g/mol. The van der Waals surface area contributed by atoms with Crippen LogP contribution in [0.3, 0.4) is 0 Å². The molecule has 714 valence electrons. The fourth-order valence-electron chi connectivity index (χ4n) is 12.2. The van der Waals surface area contributed by atoms with Crippen LogP contribution in [-0.2, 0) is 75.3 Å². The van der Waals surface area contributed by atoms with Gasteiger partial charge in [-0.05, 0) is 310 Å². The molecule has 5 rings (SSSR count). The number of Topliss-reactive ketones (excluding diaryl/α,β-unsaturated/α-hetero) is 9. The van der Waals surface area contributed by atoms with E-state index in [0.29, 0.717) is 18.9 Å². The second kappa shape index (κ2) is 81.7. The van der Waals surface area contributed by atoms with Gasteiger partial charge in [-0.15, -0.1) is 13.2 Å². The summed E-state index contributed by atoms with van der Waals surface area (Å²) in [6, 6.07) is 40.7. The number of allylic oxidation sites excluding steroid dienone is 2. The molecule has 0 aliphatic rings. The van der Waals surface area contributed by atoms with Crippen molar-refractivity contribution in [2.24, 2.45) is 5.92 Å². The van der Waals surface area contributed by atoms with Crippen molar-refractivity contribution >= 4 is 58.0 Å². The van der Waals surface area contributed by atoms with Crippen molar-refractivity contribution < 1.29 is 58.2 Å². The van der Waals surface area contributed by atoms with Gasteiger partial charge in [0.2, 0.25) is 0 Å². The average molecular weight is 1740 g/mol. The molecular weight excluding hydrogens is 1560 g/mol. The van der Waals surface area contributed by atoms with Gasteiger partial charge in [0.05, 0.1) is 66.0 Å². The Balaban J connectivity index is -0.000000114. The van der Waals surface area contributed by atoms with Gasteiger partial charge in [0, 0.05) is 0 Å². The van der Waals surface area contributed by atoms with E-state index in [4.69, 9.17) is 10.2 Å². The number of hydrogen-bond donors (Lipinski definition) is 7. The second-order valence-corrected chi connectivity index (χ2v) is 31.0. The van der Waals surface area contributed by atoms with Gasteiger partial charge in [-0.1, -0.05) is 212 Å². The molecule has 0 spiro atoms. The normalized spacial score (nSPS) is 11.9. The summed E-state index contributed by atoms with van der Waals surface area (Å²) in [6.07, 6.45) is 13.6. The van der Waals surface area contributed by atoms with Crippen LogP contribution in [0.15, 0.2) is 153 Å². The van der Waals surface area contributed by atoms with Crippen LogP contribution >= 0.6 is 0 Å². The standard InChI is InChI=1S/C14H25NO.C12H15NO3.4C12H17NO.C9H19NO.C7H15NO2.C5H11NO.8CH4/c1-5-7-9-11-14(15-4,13(3)16)12-10-8-6-2;1-8(14)11(13-2)7-9-3-5-10(6-4-9)12(15)16;1-9-4-6-11(7-5-9)8-12(13-3)10(2)14;1-9-5-4-6-11(7-9)8-12(13-3)10(2)14;1-9-6-4-5-7-11(9)8-12(13-3)10(2)14;1-10(14)12(13(2)3)9-11-7-5-4-6-8-11;1-7(2)6-9(8(3)11)10(4)5;1-5(9)7(6(2)10)8(3)4;1-5(7)4-6(2)3;;;;;;;;/h5-6,15H,1-2,7-12H2,3-4H3;3-6,11,13H,7H2,1-2H3,(H,15,16);3*4-7,12-13H,8H2,1-3H3;4-8,12H,9H2,1-3H3;7,9H,6H2,1-5H3;5,7,9H,1-4H3;4H2,1-3H3;8*1H4/t;11-;4*12-;9-;5-,7+;;;;;;;;;/m.0000001........./s1. The lowest BCUT2D eigenvalue weighted by Gasteiger charge is -2.31. The minimum Gasteiger partial charge on any atom is -0.478 e. The molecule has 5 aromatic carbocycles. The highest BCUT2D eigenvalue weighted by Crippen LogP contribution is 2.23. The Kier molecular flexibility index (Phi) is 93.3. The van der Waals surface area contributed by atoms with Gasteiger partial charge in [0.1, 0.15) is 52.0 Å². The van der Waals surface area contributed by atoms with Gasteiger partial charge in [0.15, 0.2) is 0 Å². The number of likely N-dealkylation sites (N-methyl/N-ethyl adjacent to an activating group) is 9. The first kappa shape index (κ1) is 142. The Hall–Kier alpha value is -8.32. The average Bonchev–Trinajstić information content (AvgIpc) is 0.852. The SMILES string of the molecule is C.C.C.C.C.C.C.C.C=CCCCC(CCCC=C)(NC)C(C)=O.CC(=O)CN(C)C.CC(=O)[C@H](CC(C)C)N(C)C.CC(=O)[C@H](Cc1ccccc1)N(C)C.CC(=O)[C@H]([C@@H](C)O)N(C)C.CN[C@@H](Cc1ccc(C(=O)O)cc1)C(C)=O.CN[C@@H](Cc1ccc(C)cc1)C(C)=O.CN[C@@H](Cc1cccc(C)c1)C(C)=O.CN[C@@H](Cc1ccccc1C)C(C)=O. The molecule has 8 atom stereocenters. The molecule has 0 radical (unpaired) electrons. The highest BCUT2D eigenvalue weighted by atomic mass is 16.4. The van der Waals surface area contributed by atoms with Gasteiger partial charge in [-0.25, -0.2) is 4.79 Å². The van der Waals surface area contributed by atoms with E-state index in [2.05, 4.69) is 141 Å². The third kappa shape index (κ3) is 68.0. The summed E-state index contributed by atoms with van der Waals surface area (Å²) in [5, 5.41) is 33.0. The van der Waals surface area contributed by atoms with Crippen LogP contribution in [0.2, 0.25) is 0 Å². The van der Waals surface area contributed by atoms with E-state index in [9.17, 15) is 47.9 Å². The number of ketones is 9. The van der Waals surface area contributed by atoms with Gasteiger partial charge in [-0.2, -0.15) is 0 Å². The molecule has 0 unspecified atom stereocenters. The smallest absolute Gasteiger partial charge is 0.335 e. The van der Waals surface area contributed by atoms with E-state index in [1.54, 1.807) is 106 Å². The van der Waals surface area contributed by atoms with Crippen LogP contribution in [0.5, 0.6) is 0 Å². The molecule has 5 aromatic rings. The van der Waals surface area contributed by atoms with Gasteiger partial charge < -0.3 is 41.7 Å². The summed E-state index contributed by atoms with van der Waals surface area (Å²) >= 11 is 0. The fraction of sp³-hybridized carbons (Fsp3) is 0.573. The number of aryl methyl sites for hydroxylation is 3. The lowest BCUT2D eigenvalue weighted by molar-refractivity contribution is -0.125. The molecule has 7 N–H and O–H groups in total. The lowest BCUT2D eigenvalue weighted by atomic mass is 9.84. The molecule has 21 nitrogen and oxygen atoms in total. The number of aliphatic hydroxyl groups is 1. The van der Waals surface area contributed by atoms with Gasteiger partial charge in [0.25, 0.3) is 0 Å². The second-order valence-electron chi connectivity index (χ2n) is 31.0. The van der Waals surface area contributed by atoms with Crippen LogP contribution in [0.1, 0.15) is 242 Å². The number of nitrogens with one attached hydrogen (secondary N) is 5. The molecule has 0 bridgehead atoms. The predicted molar refractivity (Wildman–Crippen MR) is 535 cm³/mol. The zero-order valence-electron chi connectivity index (χ0n) is 76.3. The number of aromatic carboxylic acids is 1. The number of unbranched alkanes of at least 4 members (excludes halogenated alkanes) is 2. The van der Waals surface area contributed by atoms with Crippen molar-refractivity contribution in [1.82, 2.24) is 46.2 Å². The molecular formula is C103H185N9O12. The number of carbonyl (C=O) groups excluding carboxylic acids is 9.